The lowest BCUT2D eigenvalue weighted by atomic mass is 9.99. The van der Waals surface area contributed by atoms with E-state index in [9.17, 15) is 8.78 Å². The second-order valence-electron chi connectivity index (χ2n) is 4.35. The Labute approximate surface area is 118 Å². The Morgan fingerprint density at radius 1 is 1.40 bits per heavy atom. The van der Waals surface area contributed by atoms with Gasteiger partial charge in [0.05, 0.1) is 0 Å². The third-order valence-electron chi connectivity index (χ3n) is 2.19. The number of ether oxygens (including phenoxy) is 1. The highest BCUT2D eigenvalue weighted by Gasteiger charge is 2.22. The zero-order valence-electron chi connectivity index (χ0n) is 11.3. The Bertz CT molecular complexity index is 533. The molecule has 0 spiro atoms. The maximum atomic E-state index is 12.7. The van der Waals surface area contributed by atoms with Crippen molar-refractivity contribution in [3.05, 3.63) is 48.2 Å². The highest BCUT2D eigenvalue weighted by Crippen LogP contribution is 2.23. The number of anilines is 1. The smallest absolute Gasteiger partial charge is 0.394 e. The van der Waals surface area contributed by atoms with Crippen LogP contribution in [-0.4, -0.2) is 19.6 Å². The summed E-state index contributed by atoms with van der Waals surface area (Å²) in [5, 5.41) is 10.2. The first-order chi connectivity index (χ1) is 9.17. The third-order valence-corrected chi connectivity index (χ3v) is 2.19. The average molecular weight is 276 g/mol. The minimum Gasteiger partial charge on any atom is -0.433 e. The molecule has 0 heterocycles. The van der Waals surface area contributed by atoms with Crippen LogP contribution in [0.4, 0.5) is 14.5 Å². The molecule has 0 aliphatic carbocycles. The van der Waals surface area contributed by atoms with E-state index >= 15 is 0 Å². The van der Waals surface area contributed by atoms with Crippen LogP contribution >= 0.6 is 0 Å². The fraction of sp³-hybridized carbons (Fsp3) is 0.214. The van der Waals surface area contributed by atoms with Crippen LogP contribution in [0.1, 0.15) is 13.8 Å². The number of allylic oxidation sites excluding steroid dienone is 2. The van der Waals surface area contributed by atoms with Crippen LogP contribution in [0.3, 0.4) is 0 Å². The SMILES string of the molecule is [B]C(=N)/C=C(\Nc1ccc(OC(C)(F)F)cc1)C(=C)C. The van der Waals surface area contributed by atoms with Crippen molar-refractivity contribution in [1.82, 2.24) is 0 Å². The molecule has 2 N–H and O–H groups in total. The molecule has 0 bridgehead atoms. The Morgan fingerprint density at radius 2 is 1.95 bits per heavy atom. The predicted octanol–water partition coefficient (Wildman–Crippen LogP) is 3.70. The highest BCUT2D eigenvalue weighted by molar-refractivity contribution is 6.62. The number of benzene rings is 1. The molecule has 0 unspecified atom stereocenters. The number of rotatable bonds is 6. The number of halogens is 2. The van der Waals surface area contributed by atoms with Gasteiger partial charge >= 0.3 is 6.11 Å². The van der Waals surface area contributed by atoms with E-state index in [1.54, 1.807) is 19.1 Å². The summed E-state index contributed by atoms with van der Waals surface area (Å²) < 4.78 is 29.8. The minimum atomic E-state index is -3.22. The van der Waals surface area contributed by atoms with E-state index < -0.39 is 6.11 Å². The summed E-state index contributed by atoms with van der Waals surface area (Å²) >= 11 is 0. The summed E-state index contributed by atoms with van der Waals surface area (Å²) in [6.07, 6.45) is -1.79. The molecule has 0 aromatic heterocycles. The van der Waals surface area contributed by atoms with Crippen LogP contribution in [0, 0.1) is 5.41 Å². The zero-order valence-corrected chi connectivity index (χ0v) is 11.3. The minimum absolute atomic E-state index is 0.0653. The summed E-state index contributed by atoms with van der Waals surface area (Å²) in [6, 6.07) is 6.00. The van der Waals surface area contributed by atoms with Gasteiger partial charge in [-0.05, 0) is 48.4 Å². The van der Waals surface area contributed by atoms with Gasteiger partial charge < -0.3 is 15.5 Å². The normalized spacial score (nSPS) is 11.9. The van der Waals surface area contributed by atoms with Crippen molar-refractivity contribution in [3.63, 3.8) is 0 Å². The van der Waals surface area contributed by atoms with E-state index in [0.29, 0.717) is 23.9 Å². The number of hydrogen-bond donors (Lipinski definition) is 2. The van der Waals surface area contributed by atoms with Gasteiger partial charge in [-0.2, -0.15) is 8.78 Å². The van der Waals surface area contributed by atoms with E-state index in [-0.39, 0.29) is 11.4 Å². The fourth-order valence-corrected chi connectivity index (χ4v) is 1.39. The van der Waals surface area contributed by atoms with Gasteiger partial charge in [0, 0.05) is 18.3 Å². The zero-order chi connectivity index (χ0) is 15.3. The highest BCUT2D eigenvalue weighted by atomic mass is 19.3. The maximum absolute atomic E-state index is 12.7. The summed E-state index contributed by atoms with van der Waals surface area (Å²) in [5.41, 5.74) is 1.81. The molecule has 0 aliphatic rings. The summed E-state index contributed by atoms with van der Waals surface area (Å²) in [5.74, 6) is 0.0653. The van der Waals surface area contributed by atoms with Gasteiger partial charge in [-0.25, -0.2) is 0 Å². The Hall–Kier alpha value is -2.11. The second-order valence-corrected chi connectivity index (χ2v) is 4.35. The molecule has 104 valence electrons. The molecule has 0 saturated carbocycles. The first-order valence-electron chi connectivity index (χ1n) is 5.83. The Kier molecular flexibility index (Phi) is 5.08. The molecule has 0 saturated heterocycles. The van der Waals surface area contributed by atoms with Crippen LogP contribution in [0.15, 0.2) is 48.2 Å². The third kappa shape index (κ3) is 5.69. The topological polar surface area (TPSA) is 45.1 Å². The van der Waals surface area contributed by atoms with Gasteiger partial charge in [-0.3, -0.25) is 0 Å². The van der Waals surface area contributed by atoms with Crippen molar-refractivity contribution in [1.29, 1.82) is 5.41 Å². The quantitative estimate of drug-likeness (QED) is 0.472. The van der Waals surface area contributed by atoms with Gasteiger partial charge in [-0.1, -0.05) is 6.58 Å². The van der Waals surface area contributed by atoms with Crippen LogP contribution in [0.5, 0.6) is 5.75 Å². The van der Waals surface area contributed by atoms with Gasteiger partial charge in [0.1, 0.15) is 13.6 Å². The summed E-state index contributed by atoms with van der Waals surface area (Å²) in [6.45, 7) is 6.20. The Balaban J connectivity index is 2.83. The molecule has 2 radical (unpaired) electrons. The molecule has 1 aromatic rings. The molecule has 1 rings (SSSR count). The molecule has 0 fully saturated rings. The Morgan fingerprint density at radius 3 is 2.35 bits per heavy atom. The molecule has 3 nitrogen and oxygen atoms in total. The van der Waals surface area contributed by atoms with Crippen LogP contribution in [-0.2, 0) is 0 Å². The van der Waals surface area contributed by atoms with Gasteiger partial charge in [0.2, 0.25) is 0 Å². The van der Waals surface area contributed by atoms with Crippen molar-refractivity contribution in [3.8, 4) is 5.75 Å². The molecule has 0 amide bonds. The standard InChI is InChI=1S/C14H15BF2N2O/c1-9(2)12(8-13(15)18)19-10-4-6-11(7-5-10)20-14(3,16)17/h4-8,18-19H,1H2,2-3H3/b12-8-,18-13?. The van der Waals surface area contributed by atoms with Crippen LogP contribution in [0.2, 0.25) is 0 Å². The van der Waals surface area contributed by atoms with Crippen molar-refractivity contribution >= 4 is 19.1 Å². The summed E-state index contributed by atoms with van der Waals surface area (Å²) in [7, 11) is 5.30. The second kappa shape index (κ2) is 6.37. The number of nitrogens with one attached hydrogen (secondary N) is 2. The van der Waals surface area contributed by atoms with E-state index in [1.807, 2.05) is 0 Å². The molecular formula is C14H15BF2N2O. The lowest BCUT2D eigenvalue weighted by molar-refractivity contribution is -0.158. The van der Waals surface area contributed by atoms with Crippen LogP contribution in [0.25, 0.3) is 0 Å². The molecule has 20 heavy (non-hydrogen) atoms. The van der Waals surface area contributed by atoms with E-state index in [4.69, 9.17) is 13.3 Å². The average Bonchev–Trinajstić information content (AvgIpc) is 2.28. The molecular weight excluding hydrogens is 261 g/mol. The molecule has 1 aromatic carbocycles. The van der Waals surface area contributed by atoms with Crippen molar-refractivity contribution in [2.75, 3.05) is 5.32 Å². The molecule has 6 heteroatoms. The molecule has 0 aliphatic heterocycles. The van der Waals surface area contributed by atoms with E-state index in [1.165, 1.54) is 18.2 Å². The largest absolute Gasteiger partial charge is 0.433 e. The number of alkyl halides is 2. The number of hydrogen-bond acceptors (Lipinski definition) is 3. The lowest BCUT2D eigenvalue weighted by Gasteiger charge is -2.14. The first-order valence-corrected chi connectivity index (χ1v) is 5.83. The van der Waals surface area contributed by atoms with Gasteiger partial charge in [0.25, 0.3) is 0 Å². The van der Waals surface area contributed by atoms with E-state index in [0.717, 1.165) is 0 Å². The molecule has 0 atom stereocenters. The fourth-order valence-electron chi connectivity index (χ4n) is 1.39. The van der Waals surface area contributed by atoms with E-state index in [2.05, 4.69) is 16.6 Å². The van der Waals surface area contributed by atoms with Crippen molar-refractivity contribution < 1.29 is 13.5 Å². The first kappa shape index (κ1) is 16.0. The van der Waals surface area contributed by atoms with Gasteiger partial charge in [-0.15, -0.1) is 0 Å². The van der Waals surface area contributed by atoms with Crippen LogP contribution < -0.4 is 10.1 Å². The van der Waals surface area contributed by atoms with Gasteiger partial charge in [0.15, 0.2) is 0 Å². The maximum Gasteiger partial charge on any atom is 0.394 e. The predicted molar refractivity (Wildman–Crippen MR) is 77.7 cm³/mol. The van der Waals surface area contributed by atoms with Crippen molar-refractivity contribution in [2.24, 2.45) is 0 Å². The monoisotopic (exact) mass is 276 g/mol. The van der Waals surface area contributed by atoms with Crippen molar-refractivity contribution in [2.45, 2.75) is 20.0 Å². The summed E-state index contributed by atoms with van der Waals surface area (Å²) in [4.78, 5) is 0. The lowest BCUT2D eigenvalue weighted by Crippen LogP contribution is -2.18.